The van der Waals surface area contributed by atoms with Crippen LogP contribution in [-0.2, 0) is 6.54 Å². The van der Waals surface area contributed by atoms with Crippen molar-refractivity contribution in [2.45, 2.75) is 44.7 Å². The van der Waals surface area contributed by atoms with Gasteiger partial charge in [0.05, 0.1) is 4.92 Å². The summed E-state index contributed by atoms with van der Waals surface area (Å²) in [6.07, 6.45) is 6.83. The molecular formula is C17H20ClN5O2. The molecule has 2 aromatic rings. The van der Waals surface area contributed by atoms with Crippen molar-refractivity contribution in [3.63, 3.8) is 0 Å². The molecule has 0 aliphatic heterocycles. The second-order valence-electron chi connectivity index (χ2n) is 6.10. The quantitative estimate of drug-likeness (QED) is 0.585. The minimum absolute atomic E-state index is 0.125. The van der Waals surface area contributed by atoms with E-state index in [1.807, 2.05) is 18.2 Å². The number of nitro groups is 1. The second kappa shape index (κ2) is 8.11. The van der Waals surface area contributed by atoms with Gasteiger partial charge in [0.25, 0.3) is 0 Å². The number of nitrogens with zero attached hydrogens (tertiary/aromatic N) is 3. The topological polar surface area (TPSA) is 93.0 Å². The number of aromatic nitrogens is 2. The average molecular weight is 362 g/mol. The van der Waals surface area contributed by atoms with Gasteiger partial charge in [-0.3, -0.25) is 10.1 Å². The maximum atomic E-state index is 11.6. The predicted octanol–water partition coefficient (Wildman–Crippen LogP) is 4.39. The van der Waals surface area contributed by atoms with Gasteiger partial charge in [-0.05, 0) is 24.5 Å². The van der Waals surface area contributed by atoms with Crippen LogP contribution >= 0.6 is 11.6 Å². The van der Waals surface area contributed by atoms with Crippen LogP contribution < -0.4 is 10.6 Å². The Morgan fingerprint density at radius 1 is 1.16 bits per heavy atom. The highest BCUT2D eigenvalue weighted by Gasteiger charge is 2.25. The van der Waals surface area contributed by atoms with Gasteiger partial charge in [0.2, 0.25) is 11.6 Å². The molecule has 0 unspecified atom stereocenters. The van der Waals surface area contributed by atoms with E-state index in [2.05, 4.69) is 20.6 Å². The summed E-state index contributed by atoms with van der Waals surface area (Å²) in [7, 11) is 0. The summed E-state index contributed by atoms with van der Waals surface area (Å²) in [5.74, 6) is 0.465. The summed E-state index contributed by atoms with van der Waals surface area (Å²) < 4.78 is 0. The molecule has 1 aromatic carbocycles. The van der Waals surface area contributed by atoms with Gasteiger partial charge in [-0.1, -0.05) is 49.1 Å². The smallest absolute Gasteiger partial charge is 0.353 e. The number of hydrogen-bond acceptors (Lipinski definition) is 6. The fourth-order valence-electron chi connectivity index (χ4n) is 3.05. The largest absolute Gasteiger partial charge is 0.361 e. The number of anilines is 2. The number of hydrogen-bond donors (Lipinski definition) is 2. The van der Waals surface area contributed by atoms with Crippen LogP contribution in [0.1, 0.15) is 37.7 Å². The molecule has 0 radical (unpaired) electrons. The summed E-state index contributed by atoms with van der Waals surface area (Å²) in [5.41, 5.74) is 0.721. The molecule has 0 bridgehead atoms. The second-order valence-corrected chi connectivity index (χ2v) is 6.51. The van der Waals surface area contributed by atoms with Crippen molar-refractivity contribution in [2.24, 2.45) is 0 Å². The van der Waals surface area contributed by atoms with E-state index in [1.165, 1.54) is 12.7 Å². The maximum absolute atomic E-state index is 11.6. The third-order valence-electron chi connectivity index (χ3n) is 4.35. The number of nitrogens with one attached hydrogen (secondary N) is 2. The lowest BCUT2D eigenvalue weighted by atomic mass is 9.95. The van der Waals surface area contributed by atoms with E-state index >= 15 is 0 Å². The van der Waals surface area contributed by atoms with Crippen molar-refractivity contribution in [2.75, 3.05) is 10.6 Å². The van der Waals surface area contributed by atoms with Crippen LogP contribution in [0.15, 0.2) is 30.6 Å². The Balaban J connectivity index is 1.79. The van der Waals surface area contributed by atoms with Crippen molar-refractivity contribution in [1.82, 2.24) is 9.97 Å². The fraction of sp³-hybridized carbons (Fsp3) is 0.412. The zero-order chi connectivity index (χ0) is 17.6. The first-order valence-electron chi connectivity index (χ1n) is 8.38. The van der Waals surface area contributed by atoms with Gasteiger partial charge in [-0.15, -0.1) is 0 Å². The Kier molecular flexibility index (Phi) is 5.65. The monoisotopic (exact) mass is 361 g/mol. The fourth-order valence-corrected chi connectivity index (χ4v) is 3.25. The van der Waals surface area contributed by atoms with Crippen LogP contribution in [0.2, 0.25) is 5.02 Å². The summed E-state index contributed by atoms with van der Waals surface area (Å²) in [4.78, 5) is 19.3. The average Bonchev–Trinajstić information content (AvgIpc) is 2.62. The molecule has 1 saturated carbocycles. The van der Waals surface area contributed by atoms with E-state index in [-0.39, 0.29) is 23.4 Å². The van der Waals surface area contributed by atoms with E-state index in [4.69, 9.17) is 11.6 Å². The van der Waals surface area contributed by atoms with Crippen LogP contribution in [0, 0.1) is 10.1 Å². The van der Waals surface area contributed by atoms with Gasteiger partial charge in [0, 0.05) is 17.6 Å². The number of benzene rings is 1. The van der Waals surface area contributed by atoms with Crippen LogP contribution in [0.25, 0.3) is 0 Å². The minimum atomic E-state index is -0.444. The molecule has 25 heavy (non-hydrogen) atoms. The van der Waals surface area contributed by atoms with Crippen molar-refractivity contribution >= 4 is 28.9 Å². The molecule has 2 N–H and O–H groups in total. The van der Waals surface area contributed by atoms with Crippen LogP contribution in [0.4, 0.5) is 17.3 Å². The Labute approximate surface area is 151 Å². The summed E-state index contributed by atoms with van der Waals surface area (Å²) in [5, 5.41) is 18.4. The first kappa shape index (κ1) is 17.4. The highest BCUT2D eigenvalue weighted by molar-refractivity contribution is 6.31. The van der Waals surface area contributed by atoms with E-state index < -0.39 is 4.92 Å². The highest BCUT2D eigenvalue weighted by atomic mass is 35.5. The molecular weight excluding hydrogens is 342 g/mol. The molecule has 1 fully saturated rings. The number of halogens is 1. The first-order valence-corrected chi connectivity index (χ1v) is 8.76. The molecule has 8 heteroatoms. The van der Waals surface area contributed by atoms with Crippen LogP contribution in [0.3, 0.4) is 0 Å². The zero-order valence-corrected chi connectivity index (χ0v) is 14.5. The van der Waals surface area contributed by atoms with Gasteiger partial charge in [0.15, 0.2) is 0 Å². The van der Waals surface area contributed by atoms with Crippen molar-refractivity contribution in [1.29, 1.82) is 0 Å². The van der Waals surface area contributed by atoms with E-state index in [0.29, 0.717) is 11.6 Å². The molecule has 0 spiro atoms. The molecule has 1 aliphatic rings. The summed E-state index contributed by atoms with van der Waals surface area (Å²) >= 11 is 6.13. The van der Waals surface area contributed by atoms with Gasteiger partial charge in [-0.2, -0.15) is 0 Å². The molecule has 7 nitrogen and oxygen atoms in total. The third-order valence-corrected chi connectivity index (χ3v) is 4.72. The predicted molar refractivity (Wildman–Crippen MR) is 98.0 cm³/mol. The molecule has 1 heterocycles. The Bertz CT molecular complexity index is 750. The summed E-state index contributed by atoms with van der Waals surface area (Å²) in [6, 6.07) is 7.57. The molecule has 0 amide bonds. The molecule has 0 saturated heterocycles. The lowest BCUT2D eigenvalue weighted by Crippen LogP contribution is -2.23. The zero-order valence-electron chi connectivity index (χ0n) is 13.7. The minimum Gasteiger partial charge on any atom is -0.361 e. The third kappa shape index (κ3) is 4.36. The van der Waals surface area contributed by atoms with Crippen molar-refractivity contribution in [3.05, 3.63) is 51.3 Å². The van der Waals surface area contributed by atoms with E-state index in [9.17, 15) is 10.1 Å². The molecule has 3 rings (SSSR count). The number of rotatable bonds is 6. The van der Waals surface area contributed by atoms with Crippen LogP contribution in [-0.4, -0.2) is 20.9 Å². The Hall–Kier alpha value is -2.41. The standard InChI is InChI=1S/C17H20ClN5O2/c18-14-9-5-4-6-12(14)10-19-16-15(23(24)25)17(21-11-20-16)22-13-7-2-1-3-8-13/h4-6,9,11,13H,1-3,7-8,10H2,(H2,19,20,21,22). The van der Waals surface area contributed by atoms with E-state index in [0.717, 1.165) is 31.2 Å². The Morgan fingerprint density at radius 2 is 1.88 bits per heavy atom. The Morgan fingerprint density at radius 3 is 2.60 bits per heavy atom. The SMILES string of the molecule is O=[N+]([O-])c1c(NCc2ccccc2Cl)ncnc1NC1CCCCC1. The van der Waals surface area contributed by atoms with Gasteiger partial charge >= 0.3 is 5.69 Å². The first-order chi connectivity index (χ1) is 12.1. The maximum Gasteiger partial charge on any atom is 0.353 e. The van der Waals surface area contributed by atoms with Crippen molar-refractivity contribution < 1.29 is 4.92 Å². The van der Waals surface area contributed by atoms with Gasteiger partial charge < -0.3 is 10.6 Å². The van der Waals surface area contributed by atoms with E-state index in [1.54, 1.807) is 6.07 Å². The molecule has 1 aromatic heterocycles. The van der Waals surface area contributed by atoms with Crippen LogP contribution in [0.5, 0.6) is 0 Å². The molecule has 132 valence electrons. The summed E-state index contributed by atoms with van der Waals surface area (Å²) in [6.45, 7) is 0.348. The highest BCUT2D eigenvalue weighted by Crippen LogP contribution is 2.32. The van der Waals surface area contributed by atoms with Gasteiger partial charge in [0.1, 0.15) is 6.33 Å². The van der Waals surface area contributed by atoms with Gasteiger partial charge in [-0.25, -0.2) is 9.97 Å². The normalized spacial score (nSPS) is 14.9. The molecule has 1 aliphatic carbocycles. The molecule has 0 atom stereocenters. The van der Waals surface area contributed by atoms with Crippen molar-refractivity contribution in [3.8, 4) is 0 Å². The lowest BCUT2D eigenvalue weighted by molar-refractivity contribution is -0.383. The lowest BCUT2D eigenvalue weighted by Gasteiger charge is -2.23.